The summed E-state index contributed by atoms with van der Waals surface area (Å²) in [6.45, 7) is 3.32. The first-order chi connectivity index (χ1) is 13.4. The highest BCUT2D eigenvalue weighted by molar-refractivity contribution is 6.30. The van der Waals surface area contributed by atoms with Crippen molar-refractivity contribution < 1.29 is 17.9 Å². The lowest BCUT2D eigenvalue weighted by Crippen LogP contribution is -2.37. The van der Waals surface area contributed by atoms with E-state index in [4.69, 9.17) is 16.3 Å². The van der Waals surface area contributed by atoms with Crippen LogP contribution in [0.4, 0.5) is 24.9 Å². The number of nitrogens with zero attached hydrogens (tertiary/aromatic N) is 5. The number of fused-ring (bicyclic) bond motifs is 1. The van der Waals surface area contributed by atoms with E-state index >= 15 is 0 Å². The average Bonchev–Trinajstić information content (AvgIpc) is 2.91. The second-order valence-electron chi connectivity index (χ2n) is 6.70. The van der Waals surface area contributed by atoms with E-state index in [1.165, 1.54) is 12.3 Å². The summed E-state index contributed by atoms with van der Waals surface area (Å²) >= 11 is 6.41. The van der Waals surface area contributed by atoms with Gasteiger partial charge in [-0.1, -0.05) is 11.6 Å². The zero-order chi connectivity index (χ0) is 19.7. The minimum Gasteiger partial charge on any atom is -0.378 e. The molecule has 4 heterocycles. The normalized spacial score (nSPS) is 18.0. The number of morpholine rings is 1. The van der Waals surface area contributed by atoms with Gasteiger partial charge in [-0.2, -0.15) is 13.2 Å². The van der Waals surface area contributed by atoms with Crippen LogP contribution in [-0.4, -0.2) is 54.3 Å². The van der Waals surface area contributed by atoms with Gasteiger partial charge in [-0.3, -0.25) is 0 Å². The van der Waals surface area contributed by atoms with Crippen LogP contribution < -0.4 is 9.80 Å². The van der Waals surface area contributed by atoms with E-state index in [0.29, 0.717) is 63.3 Å². The maximum Gasteiger partial charge on any atom is 0.419 e. The molecule has 10 heteroatoms. The quantitative estimate of drug-likeness (QED) is 0.705. The van der Waals surface area contributed by atoms with Gasteiger partial charge < -0.3 is 14.5 Å². The van der Waals surface area contributed by atoms with Crippen molar-refractivity contribution in [2.45, 2.75) is 19.0 Å². The molecule has 0 atom stereocenters. The van der Waals surface area contributed by atoms with Crippen molar-refractivity contribution >= 4 is 23.4 Å². The fraction of sp³-hybridized carbons (Fsp3) is 0.500. The number of hydrogen-bond donors (Lipinski definition) is 0. The Morgan fingerprint density at radius 2 is 1.75 bits per heavy atom. The predicted octanol–water partition coefficient (Wildman–Crippen LogP) is 2.99. The Balaban J connectivity index is 1.60. The van der Waals surface area contributed by atoms with Gasteiger partial charge in [0.15, 0.2) is 0 Å². The van der Waals surface area contributed by atoms with Crippen molar-refractivity contribution in [1.29, 1.82) is 0 Å². The molecule has 2 aromatic rings. The summed E-state index contributed by atoms with van der Waals surface area (Å²) in [6.07, 6.45) is -2.14. The molecular formula is C18H19ClF3N5O. The van der Waals surface area contributed by atoms with Crippen LogP contribution in [0.3, 0.4) is 0 Å². The Bertz CT molecular complexity index is 858. The van der Waals surface area contributed by atoms with Crippen molar-refractivity contribution in [3.05, 3.63) is 40.3 Å². The summed E-state index contributed by atoms with van der Waals surface area (Å²) < 4.78 is 45.4. The van der Waals surface area contributed by atoms with Gasteiger partial charge in [0.1, 0.15) is 11.0 Å². The second kappa shape index (κ2) is 7.71. The summed E-state index contributed by atoms with van der Waals surface area (Å²) in [7, 11) is 0. The highest BCUT2D eigenvalue weighted by Gasteiger charge is 2.36. The maximum atomic E-state index is 13.4. The number of halogens is 4. The predicted molar refractivity (Wildman–Crippen MR) is 98.9 cm³/mol. The topological polar surface area (TPSA) is 54.4 Å². The molecule has 6 nitrogen and oxygen atoms in total. The summed E-state index contributed by atoms with van der Waals surface area (Å²) in [6, 6.07) is 2.36. The average molecular weight is 414 g/mol. The number of alkyl halides is 3. The van der Waals surface area contributed by atoms with Gasteiger partial charge in [-0.15, -0.1) is 0 Å². The Kier molecular flexibility index (Phi) is 5.29. The number of aromatic nitrogens is 3. The molecule has 0 aliphatic carbocycles. The van der Waals surface area contributed by atoms with Gasteiger partial charge >= 0.3 is 6.18 Å². The molecule has 2 aliphatic rings. The number of anilines is 2. The van der Waals surface area contributed by atoms with Crippen molar-refractivity contribution in [2.75, 3.05) is 49.2 Å². The minimum absolute atomic E-state index is 0.0553. The molecule has 28 heavy (non-hydrogen) atoms. The fourth-order valence-corrected chi connectivity index (χ4v) is 3.81. The smallest absolute Gasteiger partial charge is 0.378 e. The lowest BCUT2D eigenvalue weighted by molar-refractivity contribution is -0.137. The van der Waals surface area contributed by atoms with E-state index in [1.807, 2.05) is 4.90 Å². The molecule has 0 aromatic carbocycles. The van der Waals surface area contributed by atoms with Crippen LogP contribution in [0.25, 0.3) is 0 Å². The number of pyridine rings is 1. The van der Waals surface area contributed by atoms with Crippen LogP contribution >= 0.6 is 11.6 Å². The van der Waals surface area contributed by atoms with E-state index in [2.05, 4.69) is 15.0 Å². The first-order valence-electron chi connectivity index (χ1n) is 9.08. The zero-order valence-electron chi connectivity index (χ0n) is 15.0. The highest BCUT2D eigenvalue weighted by Crippen LogP contribution is 2.36. The molecule has 2 aliphatic heterocycles. The van der Waals surface area contributed by atoms with Crippen molar-refractivity contribution in [1.82, 2.24) is 15.0 Å². The van der Waals surface area contributed by atoms with Crippen molar-refractivity contribution in [2.24, 2.45) is 0 Å². The van der Waals surface area contributed by atoms with Crippen LogP contribution in [0.5, 0.6) is 0 Å². The fourth-order valence-electron chi connectivity index (χ4n) is 3.53. The summed E-state index contributed by atoms with van der Waals surface area (Å²) in [5.41, 5.74) is 0.853. The molecule has 0 unspecified atom stereocenters. The third kappa shape index (κ3) is 3.86. The van der Waals surface area contributed by atoms with E-state index < -0.39 is 11.7 Å². The van der Waals surface area contributed by atoms with E-state index in [-0.39, 0.29) is 5.82 Å². The zero-order valence-corrected chi connectivity index (χ0v) is 15.8. The summed E-state index contributed by atoms with van der Waals surface area (Å²) in [5, 5.41) is 0.366. The molecule has 0 saturated carbocycles. The standard InChI is InChI=1S/C18H19ClF3N5O/c19-15-12-3-6-26(16-13(18(20,21)22)2-1-5-23-16)7-4-14(12)24-17(25-15)27-8-10-28-11-9-27/h1-2,5H,3-4,6-11H2. The second-order valence-corrected chi connectivity index (χ2v) is 7.06. The molecule has 150 valence electrons. The number of hydrogen-bond acceptors (Lipinski definition) is 6. The molecule has 0 radical (unpaired) electrons. The molecule has 0 N–H and O–H groups in total. The van der Waals surface area contributed by atoms with Gasteiger partial charge in [0.2, 0.25) is 5.95 Å². The Morgan fingerprint density at radius 3 is 2.50 bits per heavy atom. The summed E-state index contributed by atoms with van der Waals surface area (Å²) in [4.78, 5) is 16.7. The molecule has 0 amide bonds. The first kappa shape index (κ1) is 19.2. The van der Waals surface area contributed by atoms with E-state index in [0.717, 1.165) is 17.3 Å². The van der Waals surface area contributed by atoms with E-state index in [9.17, 15) is 13.2 Å². The monoisotopic (exact) mass is 413 g/mol. The number of rotatable bonds is 2. The van der Waals surface area contributed by atoms with Crippen LogP contribution in [0.1, 0.15) is 16.8 Å². The molecule has 0 bridgehead atoms. The largest absolute Gasteiger partial charge is 0.419 e. The van der Waals surface area contributed by atoms with Crippen LogP contribution in [-0.2, 0) is 23.8 Å². The third-order valence-corrected chi connectivity index (χ3v) is 5.28. The first-order valence-corrected chi connectivity index (χ1v) is 9.46. The van der Waals surface area contributed by atoms with Crippen LogP contribution in [0, 0.1) is 0 Å². The lowest BCUT2D eigenvalue weighted by atomic mass is 10.1. The van der Waals surface area contributed by atoms with Gasteiger partial charge in [0, 0.05) is 44.4 Å². The minimum atomic E-state index is -4.45. The number of ether oxygens (including phenoxy) is 1. The lowest BCUT2D eigenvalue weighted by Gasteiger charge is -2.27. The molecule has 2 aromatic heterocycles. The molecule has 1 saturated heterocycles. The molecule has 1 fully saturated rings. The Morgan fingerprint density at radius 1 is 1.00 bits per heavy atom. The Labute approximate surface area is 165 Å². The van der Waals surface area contributed by atoms with Gasteiger partial charge in [-0.25, -0.2) is 15.0 Å². The van der Waals surface area contributed by atoms with E-state index in [1.54, 1.807) is 4.90 Å². The Hall–Kier alpha value is -2.13. The maximum absolute atomic E-state index is 13.4. The molecular weight excluding hydrogens is 395 g/mol. The van der Waals surface area contributed by atoms with Crippen LogP contribution in [0.2, 0.25) is 5.15 Å². The highest BCUT2D eigenvalue weighted by atomic mass is 35.5. The van der Waals surface area contributed by atoms with Crippen LogP contribution in [0.15, 0.2) is 18.3 Å². The third-order valence-electron chi connectivity index (χ3n) is 4.97. The SMILES string of the molecule is FC(F)(F)c1cccnc1N1CCc2nc(N3CCOCC3)nc(Cl)c2CC1. The molecule has 4 rings (SSSR count). The summed E-state index contributed by atoms with van der Waals surface area (Å²) in [5.74, 6) is 0.495. The van der Waals surface area contributed by atoms with Gasteiger partial charge in [-0.05, 0) is 18.6 Å². The molecule has 0 spiro atoms. The van der Waals surface area contributed by atoms with Crippen molar-refractivity contribution in [3.63, 3.8) is 0 Å². The van der Waals surface area contributed by atoms with Gasteiger partial charge in [0.05, 0.1) is 24.5 Å². The van der Waals surface area contributed by atoms with Gasteiger partial charge in [0.25, 0.3) is 0 Å². The van der Waals surface area contributed by atoms with Crippen molar-refractivity contribution in [3.8, 4) is 0 Å².